The third-order valence-corrected chi connectivity index (χ3v) is 5.25. The Morgan fingerprint density at radius 3 is 2.87 bits per heavy atom. The van der Waals surface area contributed by atoms with E-state index in [0.717, 1.165) is 31.5 Å². The number of piperidine rings is 1. The van der Waals surface area contributed by atoms with E-state index in [1.165, 1.54) is 12.1 Å². The van der Waals surface area contributed by atoms with Gasteiger partial charge in [-0.3, -0.25) is 4.79 Å². The molecule has 2 saturated heterocycles. The summed E-state index contributed by atoms with van der Waals surface area (Å²) in [5.41, 5.74) is 0.146. The van der Waals surface area contributed by atoms with Crippen LogP contribution in [0, 0.1) is 5.82 Å². The average Bonchev–Trinajstić information content (AvgIpc) is 2.61. The standard InChI is InChI=1S/C18H25FN2O2/c1-20-16-6-3-9-21(13-16)17(22)18(7-10-23-11-8-18)14-4-2-5-15(19)12-14/h2,4-5,12,16,20H,3,6-11,13H2,1H3/t16-/m1/s1. The Morgan fingerprint density at radius 1 is 1.39 bits per heavy atom. The summed E-state index contributed by atoms with van der Waals surface area (Å²) in [5.74, 6) is -0.153. The van der Waals surface area contributed by atoms with Crippen molar-refractivity contribution in [3.63, 3.8) is 0 Å². The number of halogens is 1. The van der Waals surface area contributed by atoms with Crippen molar-refractivity contribution in [2.45, 2.75) is 37.1 Å². The molecule has 5 heteroatoms. The first-order valence-corrected chi connectivity index (χ1v) is 8.46. The van der Waals surface area contributed by atoms with Crippen LogP contribution >= 0.6 is 0 Å². The lowest BCUT2D eigenvalue weighted by molar-refractivity contribution is -0.142. The van der Waals surface area contributed by atoms with Crippen molar-refractivity contribution in [3.05, 3.63) is 35.6 Å². The summed E-state index contributed by atoms with van der Waals surface area (Å²) in [6.45, 7) is 2.61. The largest absolute Gasteiger partial charge is 0.381 e. The number of benzene rings is 1. The molecule has 0 aromatic heterocycles. The van der Waals surface area contributed by atoms with Gasteiger partial charge in [0.15, 0.2) is 0 Å². The summed E-state index contributed by atoms with van der Waals surface area (Å²) < 4.78 is 19.2. The van der Waals surface area contributed by atoms with Gasteiger partial charge in [0.2, 0.25) is 5.91 Å². The fraction of sp³-hybridized carbons (Fsp3) is 0.611. The molecule has 1 N–H and O–H groups in total. The molecule has 1 atom stereocenters. The van der Waals surface area contributed by atoms with Gasteiger partial charge in [-0.15, -0.1) is 0 Å². The highest BCUT2D eigenvalue weighted by Crippen LogP contribution is 2.37. The van der Waals surface area contributed by atoms with Crippen LogP contribution in [0.2, 0.25) is 0 Å². The maximum atomic E-state index is 13.7. The number of nitrogens with one attached hydrogen (secondary N) is 1. The molecule has 23 heavy (non-hydrogen) atoms. The van der Waals surface area contributed by atoms with E-state index in [4.69, 9.17) is 4.74 Å². The zero-order chi connectivity index (χ0) is 16.3. The van der Waals surface area contributed by atoms with E-state index in [2.05, 4.69) is 5.32 Å². The van der Waals surface area contributed by atoms with Gasteiger partial charge in [-0.2, -0.15) is 0 Å². The minimum Gasteiger partial charge on any atom is -0.381 e. The molecule has 2 aliphatic rings. The number of likely N-dealkylation sites (N-methyl/N-ethyl adjacent to an activating group) is 1. The molecule has 2 fully saturated rings. The molecule has 3 rings (SSSR count). The monoisotopic (exact) mass is 320 g/mol. The number of nitrogens with zero attached hydrogens (tertiary/aromatic N) is 1. The maximum Gasteiger partial charge on any atom is 0.233 e. The lowest BCUT2D eigenvalue weighted by atomic mass is 9.72. The lowest BCUT2D eigenvalue weighted by Gasteiger charge is -2.42. The van der Waals surface area contributed by atoms with Gasteiger partial charge in [0.05, 0.1) is 5.41 Å². The van der Waals surface area contributed by atoms with E-state index in [1.54, 1.807) is 6.07 Å². The molecule has 0 saturated carbocycles. The maximum absolute atomic E-state index is 13.7. The predicted molar refractivity (Wildman–Crippen MR) is 86.8 cm³/mol. The van der Waals surface area contributed by atoms with Gasteiger partial charge in [0.1, 0.15) is 5.82 Å². The predicted octanol–water partition coefficient (Wildman–Crippen LogP) is 2.08. The SMILES string of the molecule is CN[C@@H]1CCCN(C(=O)C2(c3cccc(F)c3)CCOCC2)C1. The first-order valence-electron chi connectivity index (χ1n) is 8.46. The van der Waals surface area contributed by atoms with Gasteiger partial charge in [-0.25, -0.2) is 4.39 Å². The Balaban J connectivity index is 1.90. The van der Waals surface area contributed by atoms with E-state index in [-0.39, 0.29) is 11.7 Å². The third kappa shape index (κ3) is 3.26. The van der Waals surface area contributed by atoms with Crippen LogP contribution in [0.25, 0.3) is 0 Å². The molecule has 0 radical (unpaired) electrons. The summed E-state index contributed by atoms with van der Waals surface area (Å²) >= 11 is 0. The van der Waals surface area contributed by atoms with Crippen molar-refractivity contribution < 1.29 is 13.9 Å². The molecular weight excluding hydrogens is 295 g/mol. The Kier molecular flexibility index (Phi) is 4.97. The van der Waals surface area contributed by atoms with Gasteiger partial charge in [-0.05, 0) is 50.4 Å². The number of rotatable bonds is 3. The molecule has 0 spiro atoms. The molecule has 4 nitrogen and oxygen atoms in total. The van der Waals surface area contributed by atoms with E-state index in [9.17, 15) is 9.18 Å². The summed E-state index contributed by atoms with van der Waals surface area (Å²) in [6, 6.07) is 6.87. The minimum atomic E-state index is -0.643. The molecular formula is C18H25FN2O2. The van der Waals surface area contributed by atoms with Crippen LogP contribution in [0.3, 0.4) is 0 Å². The number of carbonyl (C=O) groups is 1. The summed E-state index contributed by atoms with van der Waals surface area (Å²) in [7, 11) is 1.94. The van der Waals surface area contributed by atoms with Gasteiger partial charge in [0.25, 0.3) is 0 Å². The van der Waals surface area contributed by atoms with E-state index < -0.39 is 5.41 Å². The molecule has 1 aromatic rings. The second kappa shape index (κ2) is 6.97. The highest BCUT2D eigenvalue weighted by atomic mass is 19.1. The summed E-state index contributed by atoms with van der Waals surface area (Å²) in [5, 5.41) is 3.27. The van der Waals surface area contributed by atoms with Gasteiger partial charge >= 0.3 is 0 Å². The number of hydrogen-bond donors (Lipinski definition) is 1. The Bertz CT molecular complexity index is 558. The second-order valence-corrected chi connectivity index (χ2v) is 6.58. The number of ether oxygens (including phenoxy) is 1. The molecule has 1 aromatic carbocycles. The fourth-order valence-electron chi connectivity index (χ4n) is 3.83. The first kappa shape index (κ1) is 16.4. The number of carbonyl (C=O) groups excluding carboxylic acids is 1. The Morgan fingerprint density at radius 2 is 2.17 bits per heavy atom. The van der Waals surface area contributed by atoms with Crippen LogP contribution in [-0.4, -0.2) is 50.2 Å². The molecule has 0 unspecified atom stereocenters. The van der Waals surface area contributed by atoms with Crippen LogP contribution in [0.15, 0.2) is 24.3 Å². The average molecular weight is 320 g/mol. The molecule has 2 aliphatic heterocycles. The first-order chi connectivity index (χ1) is 11.2. The van der Waals surface area contributed by atoms with Crippen molar-refractivity contribution in [2.75, 3.05) is 33.4 Å². The third-order valence-electron chi connectivity index (χ3n) is 5.25. The van der Waals surface area contributed by atoms with E-state index in [0.29, 0.717) is 32.1 Å². The van der Waals surface area contributed by atoms with Gasteiger partial charge in [0, 0.05) is 32.3 Å². The minimum absolute atomic E-state index is 0.131. The molecule has 1 amide bonds. The molecule has 2 heterocycles. The Hall–Kier alpha value is -1.46. The Labute approximate surface area is 137 Å². The van der Waals surface area contributed by atoms with Crippen molar-refractivity contribution in [2.24, 2.45) is 0 Å². The van der Waals surface area contributed by atoms with E-state index in [1.807, 2.05) is 18.0 Å². The smallest absolute Gasteiger partial charge is 0.233 e. The number of amides is 1. The summed E-state index contributed by atoms with van der Waals surface area (Å²) in [6.07, 6.45) is 3.34. The highest BCUT2D eigenvalue weighted by molar-refractivity contribution is 5.88. The zero-order valence-electron chi connectivity index (χ0n) is 13.7. The van der Waals surface area contributed by atoms with Crippen molar-refractivity contribution in [3.8, 4) is 0 Å². The number of likely N-dealkylation sites (tertiary alicyclic amines) is 1. The van der Waals surface area contributed by atoms with Crippen molar-refractivity contribution in [1.29, 1.82) is 0 Å². The van der Waals surface area contributed by atoms with E-state index >= 15 is 0 Å². The normalized spacial score (nSPS) is 24.4. The second-order valence-electron chi connectivity index (χ2n) is 6.58. The van der Waals surface area contributed by atoms with Crippen LogP contribution in [0.4, 0.5) is 4.39 Å². The van der Waals surface area contributed by atoms with Gasteiger partial charge in [-0.1, -0.05) is 12.1 Å². The van der Waals surface area contributed by atoms with Crippen LogP contribution in [0.1, 0.15) is 31.2 Å². The fourth-order valence-corrected chi connectivity index (χ4v) is 3.83. The van der Waals surface area contributed by atoms with Crippen LogP contribution in [-0.2, 0) is 14.9 Å². The summed E-state index contributed by atoms with van der Waals surface area (Å²) in [4.78, 5) is 15.3. The van der Waals surface area contributed by atoms with Crippen LogP contribution < -0.4 is 5.32 Å². The quantitative estimate of drug-likeness (QED) is 0.927. The molecule has 0 aliphatic carbocycles. The van der Waals surface area contributed by atoms with Gasteiger partial charge < -0.3 is 15.0 Å². The van der Waals surface area contributed by atoms with Crippen LogP contribution in [0.5, 0.6) is 0 Å². The lowest BCUT2D eigenvalue weighted by Crippen LogP contribution is -2.55. The highest BCUT2D eigenvalue weighted by Gasteiger charge is 2.44. The zero-order valence-corrected chi connectivity index (χ0v) is 13.7. The van der Waals surface area contributed by atoms with Crippen molar-refractivity contribution in [1.82, 2.24) is 10.2 Å². The van der Waals surface area contributed by atoms with Crippen molar-refractivity contribution >= 4 is 5.91 Å². The molecule has 126 valence electrons. The molecule has 0 bridgehead atoms. The number of hydrogen-bond acceptors (Lipinski definition) is 3. The topological polar surface area (TPSA) is 41.6 Å².